The highest BCUT2D eigenvalue weighted by atomic mass is 35.5. The van der Waals surface area contributed by atoms with Gasteiger partial charge in [-0.15, -0.1) is 6.58 Å². The maximum atomic E-state index is 12.8. The van der Waals surface area contributed by atoms with Gasteiger partial charge in [-0.1, -0.05) is 41.9 Å². The van der Waals surface area contributed by atoms with Crippen LogP contribution in [0.4, 0.5) is 10.5 Å². The van der Waals surface area contributed by atoms with E-state index >= 15 is 0 Å². The fourth-order valence-corrected chi connectivity index (χ4v) is 3.29. The van der Waals surface area contributed by atoms with E-state index in [2.05, 4.69) is 16.5 Å². The lowest BCUT2D eigenvalue weighted by molar-refractivity contribution is 0.214. The Kier molecular flexibility index (Phi) is 6.56. The van der Waals surface area contributed by atoms with Crippen molar-refractivity contribution in [1.82, 2.24) is 9.47 Å². The number of carbonyl (C=O) groups excluding carboxylic acids is 1. The van der Waals surface area contributed by atoms with Crippen LogP contribution in [-0.2, 0) is 13.1 Å². The molecule has 144 valence electrons. The molecule has 0 atom stereocenters. The largest absolute Gasteiger partial charge is 0.345 e. The van der Waals surface area contributed by atoms with Crippen molar-refractivity contribution in [2.24, 2.45) is 0 Å². The number of urea groups is 1. The first kappa shape index (κ1) is 19.8. The summed E-state index contributed by atoms with van der Waals surface area (Å²) < 4.78 is 2.13. The normalized spacial score (nSPS) is 10.5. The number of halogens is 1. The molecular weight excluding hydrogens is 370 g/mol. The number of nitrogens with zero attached hydrogens (tertiary/aromatic N) is 2. The Morgan fingerprint density at radius 1 is 1.18 bits per heavy atom. The predicted octanol–water partition coefficient (Wildman–Crippen LogP) is 5.72. The van der Waals surface area contributed by atoms with Crippen molar-refractivity contribution in [2.75, 3.05) is 11.9 Å². The summed E-state index contributed by atoms with van der Waals surface area (Å²) in [6.45, 7) is 7.43. The lowest BCUT2D eigenvalue weighted by Crippen LogP contribution is -2.35. The summed E-state index contributed by atoms with van der Waals surface area (Å²) in [7, 11) is 0. The van der Waals surface area contributed by atoms with E-state index in [0.717, 1.165) is 27.5 Å². The summed E-state index contributed by atoms with van der Waals surface area (Å²) in [5.41, 5.74) is 4.04. The Morgan fingerprint density at radius 2 is 2.00 bits per heavy atom. The van der Waals surface area contributed by atoms with Gasteiger partial charge in [0.2, 0.25) is 0 Å². The summed E-state index contributed by atoms with van der Waals surface area (Å²) in [5, 5.41) is 3.69. The van der Waals surface area contributed by atoms with E-state index in [9.17, 15) is 4.79 Å². The molecule has 3 rings (SSSR count). The van der Waals surface area contributed by atoms with Crippen LogP contribution in [0.5, 0.6) is 0 Å². The number of aromatic nitrogens is 1. The summed E-state index contributed by atoms with van der Waals surface area (Å²) in [6.07, 6.45) is 3.75. The monoisotopic (exact) mass is 393 g/mol. The number of anilines is 1. The number of benzene rings is 2. The summed E-state index contributed by atoms with van der Waals surface area (Å²) in [4.78, 5) is 14.5. The van der Waals surface area contributed by atoms with Gasteiger partial charge in [-0.05, 0) is 54.4 Å². The fraction of sp³-hybridized carbons (Fsp3) is 0.174. The maximum Gasteiger partial charge on any atom is 0.322 e. The van der Waals surface area contributed by atoms with Gasteiger partial charge >= 0.3 is 6.03 Å². The smallest absolute Gasteiger partial charge is 0.322 e. The molecule has 2 aromatic carbocycles. The zero-order valence-electron chi connectivity index (χ0n) is 15.9. The van der Waals surface area contributed by atoms with Gasteiger partial charge in [0.1, 0.15) is 0 Å². The van der Waals surface area contributed by atoms with Gasteiger partial charge in [0.15, 0.2) is 0 Å². The number of carbonyl (C=O) groups is 1. The second kappa shape index (κ2) is 9.29. The first-order valence-corrected chi connectivity index (χ1v) is 9.55. The minimum Gasteiger partial charge on any atom is -0.345 e. The molecule has 0 spiro atoms. The lowest BCUT2D eigenvalue weighted by atomic mass is 10.2. The number of hydrogen-bond acceptors (Lipinski definition) is 1. The highest BCUT2D eigenvalue weighted by Gasteiger charge is 2.15. The Bertz CT molecular complexity index is 964. The van der Waals surface area contributed by atoms with Crippen molar-refractivity contribution in [3.05, 3.63) is 101 Å². The van der Waals surface area contributed by atoms with Crippen LogP contribution in [0.1, 0.15) is 16.8 Å². The topological polar surface area (TPSA) is 37.3 Å². The van der Waals surface area contributed by atoms with Crippen LogP contribution in [0.3, 0.4) is 0 Å². The van der Waals surface area contributed by atoms with Gasteiger partial charge in [-0.25, -0.2) is 4.79 Å². The van der Waals surface area contributed by atoms with Crippen molar-refractivity contribution in [3.8, 4) is 0 Å². The van der Waals surface area contributed by atoms with Crippen LogP contribution >= 0.6 is 11.6 Å². The molecule has 1 aromatic heterocycles. The maximum absolute atomic E-state index is 12.8. The molecule has 1 heterocycles. The van der Waals surface area contributed by atoms with Crippen molar-refractivity contribution in [1.29, 1.82) is 0 Å². The lowest BCUT2D eigenvalue weighted by Gasteiger charge is -2.23. The van der Waals surface area contributed by atoms with Crippen molar-refractivity contribution in [2.45, 2.75) is 20.0 Å². The molecule has 28 heavy (non-hydrogen) atoms. The number of rotatable bonds is 7. The number of aryl methyl sites for hydroxylation is 1. The van der Waals surface area contributed by atoms with E-state index in [0.29, 0.717) is 19.6 Å². The zero-order chi connectivity index (χ0) is 19.9. The van der Waals surface area contributed by atoms with Crippen molar-refractivity contribution >= 4 is 23.3 Å². The third-order valence-corrected chi connectivity index (χ3v) is 4.66. The average Bonchev–Trinajstić information content (AvgIpc) is 3.08. The molecule has 3 aromatic rings. The molecule has 0 aliphatic carbocycles. The van der Waals surface area contributed by atoms with Gasteiger partial charge in [-0.2, -0.15) is 0 Å². The summed E-state index contributed by atoms with van der Waals surface area (Å²) in [6, 6.07) is 19.4. The van der Waals surface area contributed by atoms with E-state index in [1.165, 1.54) is 0 Å². The minimum atomic E-state index is -0.152. The Labute approximate surface area is 171 Å². The minimum absolute atomic E-state index is 0.152. The first-order valence-electron chi connectivity index (χ1n) is 9.17. The second-order valence-corrected chi connectivity index (χ2v) is 7.16. The van der Waals surface area contributed by atoms with E-state index < -0.39 is 0 Å². The SMILES string of the molecule is C=CCN(Cc1cccn1Cc1cccc(Cl)c1)C(=O)Nc1cccc(C)c1. The first-order chi connectivity index (χ1) is 13.5. The average molecular weight is 394 g/mol. The number of hydrogen-bond donors (Lipinski definition) is 1. The van der Waals surface area contributed by atoms with Crippen LogP contribution in [0.2, 0.25) is 5.02 Å². The van der Waals surface area contributed by atoms with Crippen molar-refractivity contribution in [3.63, 3.8) is 0 Å². The van der Waals surface area contributed by atoms with Gasteiger partial charge in [0.25, 0.3) is 0 Å². The Hall–Kier alpha value is -2.98. The van der Waals surface area contributed by atoms with Crippen LogP contribution in [0.15, 0.2) is 79.5 Å². The molecule has 0 unspecified atom stereocenters. The van der Waals surface area contributed by atoms with E-state index in [-0.39, 0.29) is 6.03 Å². The quantitative estimate of drug-likeness (QED) is 0.512. The number of nitrogens with one attached hydrogen (secondary N) is 1. The molecular formula is C23H24ClN3O. The molecule has 0 saturated heterocycles. The van der Waals surface area contributed by atoms with E-state index in [1.54, 1.807) is 11.0 Å². The fourth-order valence-electron chi connectivity index (χ4n) is 3.08. The molecule has 0 bridgehead atoms. The van der Waals surface area contributed by atoms with Crippen LogP contribution < -0.4 is 5.32 Å². The number of amides is 2. The van der Waals surface area contributed by atoms with Gasteiger partial charge in [-0.3, -0.25) is 0 Å². The third-order valence-electron chi connectivity index (χ3n) is 4.42. The third kappa shape index (κ3) is 5.27. The van der Waals surface area contributed by atoms with Gasteiger partial charge < -0.3 is 14.8 Å². The highest BCUT2D eigenvalue weighted by Crippen LogP contribution is 2.16. The van der Waals surface area contributed by atoms with Crippen LogP contribution in [0, 0.1) is 6.92 Å². The highest BCUT2D eigenvalue weighted by molar-refractivity contribution is 6.30. The standard InChI is InChI=1S/C23H24ClN3O/c1-3-12-27(23(28)25-21-10-4-7-18(2)14-21)17-22-11-6-13-26(22)16-19-8-5-9-20(24)15-19/h3-11,13-15H,1,12,16-17H2,2H3,(H,25,28). The summed E-state index contributed by atoms with van der Waals surface area (Å²) >= 11 is 6.10. The molecule has 1 N–H and O–H groups in total. The molecule has 4 nitrogen and oxygen atoms in total. The van der Waals surface area contributed by atoms with Crippen LogP contribution in [-0.4, -0.2) is 22.0 Å². The molecule has 0 saturated carbocycles. The molecule has 5 heteroatoms. The predicted molar refractivity (Wildman–Crippen MR) is 116 cm³/mol. The Morgan fingerprint density at radius 3 is 2.75 bits per heavy atom. The second-order valence-electron chi connectivity index (χ2n) is 6.73. The molecule has 2 amide bonds. The summed E-state index contributed by atoms with van der Waals surface area (Å²) in [5.74, 6) is 0. The van der Waals surface area contributed by atoms with Gasteiger partial charge in [0.05, 0.1) is 6.54 Å². The van der Waals surface area contributed by atoms with E-state index in [4.69, 9.17) is 11.6 Å². The van der Waals surface area contributed by atoms with Crippen molar-refractivity contribution < 1.29 is 4.79 Å². The van der Waals surface area contributed by atoms with Crippen LogP contribution in [0.25, 0.3) is 0 Å². The Balaban J connectivity index is 1.73. The molecule has 0 aliphatic rings. The molecule has 0 aliphatic heterocycles. The van der Waals surface area contributed by atoms with E-state index in [1.807, 2.05) is 73.8 Å². The molecule has 0 radical (unpaired) electrons. The van der Waals surface area contributed by atoms with Gasteiger partial charge in [0, 0.05) is 35.7 Å². The zero-order valence-corrected chi connectivity index (χ0v) is 16.7. The molecule has 0 fully saturated rings.